The normalized spacial score (nSPS) is 17.0. The molecule has 0 unspecified atom stereocenters. The van der Waals surface area contributed by atoms with Crippen molar-refractivity contribution in [2.75, 3.05) is 16.8 Å². The zero-order chi connectivity index (χ0) is 20.7. The quantitative estimate of drug-likeness (QED) is 0.690. The van der Waals surface area contributed by atoms with Crippen LogP contribution in [0.5, 0.6) is 0 Å². The van der Waals surface area contributed by atoms with Gasteiger partial charge in [0, 0.05) is 11.6 Å². The second kappa shape index (κ2) is 7.47. The number of anilines is 2. The average Bonchev–Trinajstić information content (AvgIpc) is 3.30. The Balaban J connectivity index is 1.55. The Kier molecular flexibility index (Phi) is 4.65. The molecule has 2 aliphatic rings. The Morgan fingerprint density at radius 1 is 1.13 bits per heavy atom. The maximum absolute atomic E-state index is 15.1. The fourth-order valence-corrected chi connectivity index (χ4v) is 4.37. The number of carbonyl (C=O) groups excluding carboxylic acids is 1. The molecule has 0 bridgehead atoms. The Hall–Kier alpha value is -3.36. The number of rotatable bonds is 3. The molecule has 0 radical (unpaired) electrons. The summed E-state index contributed by atoms with van der Waals surface area (Å²) in [6, 6.07) is 3.74. The molecule has 2 aromatic heterocycles. The summed E-state index contributed by atoms with van der Waals surface area (Å²) in [6.45, 7) is 1.98. The Bertz CT molecular complexity index is 1090. The third-order valence-electron chi connectivity index (χ3n) is 5.93. The van der Waals surface area contributed by atoms with Crippen LogP contribution in [-0.2, 0) is 4.79 Å². The van der Waals surface area contributed by atoms with E-state index in [1.165, 1.54) is 12.7 Å². The van der Waals surface area contributed by atoms with Gasteiger partial charge in [0.2, 0.25) is 5.91 Å². The topological polar surface area (TPSA) is 99.7 Å². The molecule has 1 aliphatic heterocycles. The maximum atomic E-state index is 15.1. The highest BCUT2D eigenvalue weighted by Crippen LogP contribution is 2.35. The molecule has 1 saturated carbocycles. The third kappa shape index (κ3) is 3.20. The van der Waals surface area contributed by atoms with E-state index in [0.717, 1.165) is 25.7 Å². The van der Waals surface area contributed by atoms with E-state index >= 15 is 4.39 Å². The van der Waals surface area contributed by atoms with Crippen molar-refractivity contribution in [2.24, 2.45) is 0 Å². The number of nitrogens with zero attached hydrogens (tertiary/aromatic N) is 5. The fraction of sp³-hybridized carbons (Fsp3) is 0.381. The summed E-state index contributed by atoms with van der Waals surface area (Å²) in [5.41, 5.74) is 2.02. The molecular formula is C21H22FN7O. The minimum Gasteiger partial charge on any atom is -0.341 e. The van der Waals surface area contributed by atoms with Crippen LogP contribution < -0.4 is 10.2 Å². The van der Waals surface area contributed by atoms with Crippen molar-refractivity contribution in [1.82, 2.24) is 25.1 Å². The summed E-state index contributed by atoms with van der Waals surface area (Å²) in [5, 5.41) is 9.38. The van der Waals surface area contributed by atoms with E-state index in [2.05, 4.69) is 30.4 Å². The number of H-pyrrole nitrogens is 1. The van der Waals surface area contributed by atoms with Crippen LogP contribution in [0, 0.1) is 12.7 Å². The second-order valence-corrected chi connectivity index (χ2v) is 7.82. The van der Waals surface area contributed by atoms with E-state index < -0.39 is 0 Å². The lowest BCUT2D eigenvalue weighted by molar-refractivity contribution is -0.115. The first-order valence-corrected chi connectivity index (χ1v) is 10.2. The van der Waals surface area contributed by atoms with E-state index in [-0.39, 0.29) is 24.3 Å². The largest absolute Gasteiger partial charge is 0.341 e. The van der Waals surface area contributed by atoms with E-state index in [9.17, 15) is 4.79 Å². The zero-order valence-corrected chi connectivity index (χ0v) is 16.7. The summed E-state index contributed by atoms with van der Waals surface area (Å²) in [7, 11) is 0. The lowest BCUT2D eigenvalue weighted by atomic mass is 9.94. The molecule has 30 heavy (non-hydrogen) atoms. The summed E-state index contributed by atoms with van der Waals surface area (Å²) >= 11 is 0. The number of hydrogen-bond donors (Lipinski definition) is 2. The number of nitrogens with one attached hydrogen (secondary N) is 2. The van der Waals surface area contributed by atoms with Crippen LogP contribution in [0.2, 0.25) is 0 Å². The van der Waals surface area contributed by atoms with Crippen molar-refractivity contribution in [2.45, 2.75) is 45.1 Å². The smallest absolute Gasteiger partial charge is 0.245 e. The highest BCUT2D eigenvalue weighted by molar-refractivity contribution is 5.99. The Labute approximate surface area is 173 Å². The van der Waals surface area contributed by atoms with Gasteiger partial charge in [-0.1, -0.05) is 25.3 Å². The summed E-state index contributed by atoms with van der Waals surface area (Å²) in [6.07, 6.45) is 8.61. The third-order valence-corrected chi connectivity index (χ3v) is 5.93. The molecule has 1 amide bonds. The van der Waals surface area contributed by atoms with Gasteiger partial charge >= 0.3 is 0 Å². The Morgan fingerprint density at radius 2 is 1.93 bits per heavy atom. The predicted molar refractivity (Wildman–Crippen MR) is 110 cm³/mol. The minimum absolute atomic E-state index is 0.0757. The molecule has 2 N–H and O–H groups in total. The average molecular weight is 407 g/mol. The monoisotopic (exact) mass is 407 g/mol. The van der Waals surface area contributed by atoms with E-state index in [1.807, 2.05) is 6.07 Å². The fourth-order valence-electron chi connectivity index (χ4n) is 4.37. The molecule has 3 aromatic rings. The standard InChI is InChI=1S/C21H22FN7O/c1-12-14(7-8-15(18(12)22)19-24-11-25-28-19)16-9-23-20-21(26-16)29(10-17(30)27-20)13-5-3-2-4-6-13/h7-9,11,13H,2-6,10H2,1H3,(H,23,27,30)(H,24,25,28). The second-order valence-electron chi connectivity index (χ2n) is 7.82. The van der Waals surface area contributed by atoms with Gasteiger partial charge in [-0.15, -0.1) is 0 Å². The van der Waals surface area contributed by atoms with E-state index in [0.29, 0.717) is 39.8 Å². The van der Waals surface area contributed by atoms with Gasteiger partial charge in [-0.05, 0) is 31.4 Å². The van der Waals surface area contributed by atoms with Gasteiger partial charge < -0.3 is 10.2 Å². The number of benzene rings is 1. The number of amides is 1. The predicted octanol–water partition coefficient (Wildman–Crippen LogP) is 3.47. The minimum atomic E-state index is -0.385. The summed E-state index contributed by atoms with van der Waals surface area (Å²) < 4.78 is 15.1. The first-order chi connectivity index (χ1) is 14.6. The molecule has 8 nitrogen and oxygen atoms in total. The van der Waals surface area contributed by atoms with Gasteiger partial charge in [-0.3, -0.25) is 9.89 Å². The van der Waals surface area contributed by atoms with Gasteiger partial charge in [0.05, 0.1) is 24.0 Å². The van der Waals surface area contributed by atoms with Crippen molar-refractivity contribution in [3.63, 3.8) is 0 Å². The number of hydrogen-bond acceptors (Lipinski definition) is 6. The van der Waals surface area contributed by atoms with Crippen molar-refractivity contribution < 1.29 is 9.18 Å². The molecule has 5 rings (SSSR count). The van der Waals surface area contributed by atoms with Crippen LogP contribution >= 0.6 is 0 Å². The Morgan fingerprint density at radius 3 is 2.70 bits per heavy atom. The lowest BCUT2D eigenvalue weighted by Crippen LogP contribution is -2.46. The van der Waals surface area contributed by atoms with Crippen LogP contribution in [0.15, 0.2) is 24.7 Å². The van der Waals surface area contributed by atoms with Gasteiger partial charge in [0.25, 0.3) is 0 Å². The summed E-state index contributed by atoms with van der Waals surface area (Å²) in [4.78, 5) is 27.6. The molecule has 1 aliphatic carbocycles. The SMILES string of the molecule is Cc1c(-c2cnc3c(n2)N(C2CCCCC2)CC(=O)N3)ccc(-c2nc[nH]n2)c1F. The molecule has 0 saturated heterocycles. The van der Waals surface area contributed by atoms with Crippen molar-refractivity contribution in [3.05, 3.63) is 36.0 Å². The number of fused-ring (bicyclic) bond motifs is 1. The molecule has 9 heteroatoms. The number of aromatic amines is 1. The van der Waals surface area contributed by atoms with Crippen LogP contribution in [-0.4, -0.2) is 43.6 Å². The molecular weight excluding hydrogens is 385 g/mol. The molecule has 3 heterocycles. The molecule has 1 aromatic carbocycles. The highest BCUT2D eigenvalue weighted by Gasteiger charge is 2.31. The van der Waals surface area contributed by atoms with Crippen LogP contribution in [0.3, 0.4) is 0 Å². The van der Waals surface area contributed by atoms with Crippen molar-refractivity contribution in [1.29, 1.82) is 0 Å². The number of carbonyl (C=O) groups is 1. The highest BCUT2D eigenvalue weighted by atomic mass is 19.1. The van der Waals surface area contributed by atoms with Gasteiger partial charge in [-0.25, -0.2) is 19.3 Å². The maximum Gasteiger partial charge on any atom is 0.245 e. The van der Waals surface area contributed by atoms with Crippen molar-refractivity contribution in [3.8, 4) is 22.6 Å². The number of aromatic nitrogens is 5. The van der Waals surface area contributed by atoms with Crippen LogP contribution in [0.25, 0.3) is 22.6 Å². The van der Waals surface area contributed by atoms with Crippen molar-refractivity contribution >= 4 is 17.5 Å². The van der Waals surface area contributed by atoms with Gasteiger partial charge in [0.1, 0.15) is 12.1 Å². The van der Waals surface area contributed by atoms with Gasteiger partial charge in [-0.2, -0.15) is 5.10 Å². The van der Waals surface area contributed by atoms with Gasteiger partial charge in [0.15, 0.2) is 17.5 Å². The zero-order valence-electron chi connectivity index (χ0n) is 16.7. The van der Waals surface area contributed by atoms with E-state index in [4.69, 9.17) is 4.98 Å². The molecule has 0 spiro atoms. The van der Waals surface area contributed by atoms with E-state index in [1.54, 1.807) is 19.2 Å². The summed E-state index contributed by atoms with van der Waals surface area (Å²) in [5.74, 6) is 0.981. The first-order valence-electron chi connectivity index (χ1n) is 10.2. The molecule has 154 valence electrons. The molecule has 0 atom stereocenters. The lowest BCUT2D eigenvalue weighted by Gasteiger charge is -2.37. The van der Waals surface area contributed by atoms with Crippen LogP contribution in [0.1, 0.15) is 37.7 Å². The van der Waals surface area contributed by atoms with Crippen LogP contribution in [0.4, 0.5) is 16.0 Å². The first kappa shape index (κ1) is 18.7. The number of halogens is 1. The molecule has 1 fully saturated rings.